The zero-order chi connectivity index (χ0) is 17.4. The van der Waals surface area contributed by atoms with Gasteiger partial charge in [0.1, 0.15) is 11.8 Å². The van der Waals surface area contributed by atoms with Crippen LogP contribution in [-0.4, -0.2) is 30.8 Å². The van der Waals surface area contributed by atoms with E-state index in [1.807, 2.05) is 19.9 Å². The molecule has 25 heavy (non-hydrogen) atoms. The average Bonchev–Trinajstić information content (AvgIpc) is 2.99. The summed E-state index contributed by atoms with van der Waals surface area (Å²) in [7, 11) is 0. The van der Waals surface area contributed by atoms with Crippen LogP contribution in [-0.2, 0) is 0 Å². The first kappa shape index (κ1) is 15.8. The molecule has 0 bridgehead atoms. The lowest BCUT2D eigenvalue weighted by Crippen LogP contribution is -2.33. The fourth-order valence-electron chi connectivity index (χ4n) is 3.62. The highest BCUT2D eigenvalue weighted by molar-refractivity contribution is 5.86. The number of nitrogens with one attached hydrogen (secondary N) is 2. The fourth-order valence-corrected chi connectivity index (χ4v) is 3.62. The van der Waals surface area contributed by atoms with Gasteiger partial charge in [-0.25, -0.2) is 14.6 Å². The average molecular weight is 338 g/mol. The molecule has 3 heterocycles. The molecule has 1 aliphatic rings. The topological polar surface area (TPSA) is 88.5 Å². The highest BCUT2D eigenvalue weighted by atomic mass is 16.1. The molecule has 0 spiro atoms. The van der Waals surface area contributed by atoms with Crippen molar-refractivity contribution in [1.82, 2.24) is 24.7 Å². The Balaban J connectivity index is 1.47. The molecule has 3 aromatic rings. The van der Waals surface area contributed by atoms with E-state index in [9.17, 15) is 4.79 Å². The Kier molecular flexibility index (Phi) is 3.99. The van der Waals surface area contributed by atoms with Gasteiger partial charge in [0.25, 0.3) is 5.56 Å². The van der Waals surface area contributed by atoms with Crippen molar-refractivity contribution in [1.29, 1.82) is 0 Å². The normalized spacial score (nSPS) is 20.7. The molecular formula is C18H22N6O. The predicted octanol–water partition coefficient (Wildman–Crippen LogP) is 2.73. The Labute approximate surface area is 145 Å². The second-order valence-electron chi connectivity index (χ2n) is 6.84. The smallest absolute Gasteiger partial charge is 0.267 e. The minimum atomic E-state index is -0.0126. The lowest BCUT2D eigenvalue weighted by atomic mass is 9.91. The van der Waals surface area contributed by atoms with Crippen LogP contribution < -0.4 is 10.9 Å². The number of aromatic nitrogens is 5. The quantitative estimate of drug-likeness (QED) is 0.766. The standard InChI is InChI=1S/C18H22N6O/c1-11-3-8-16(25)24(23-11)14-6-4-13(5-7-14)22-18-17-15(19-10-20-18)9-12(2)21-17/h3,8-10,13-14,21H,4-7H2,1-2H3,(H,19,20,22). The van der Waals surface area contributed by atoms with Crippen LogP contribution >= 0.6 is 0 Å². The van der Waals surface area contributed by atoms with Crippen LogP contribution in [0.25, 0.3) is 11.0 Å². The Morgan fingerprint density at radius 1 is 1.16 bits per heavy atom. The third-order valence-electron chi connectivity index (χ3n) is 4.89. The van der Waals surface area contributed by atoms with Gasteiger partial charge in [-0.05, 0) is 51.7 Å². The van der Waals surface area contributed by atoms with Gasteiger partial charge in [-0.1, -0.05) is 0 Å². The second-order valence-corrected chi connectivity index (χ2v) is 6.84. The lowest BCUT2D eigenvalue weighted by molar-refractivity contribution is 0.302. The third kappa shape index (κ3) is 3.14. The molecule has 1 aliphatic carbocycles. The summed E-state index contributed by atoms with van der Waals surface area (Å²) in [5, 5.41) is 7.95. The third-order valence-corrected chi connectivity index (χ3v) is 4.89. The second kappa shape index (κ2) is 6.31. The molecule has 0 unspecified atom stereocenters. The molecule has 4 rings (SSSR count). The van der Waals surface area contributed by atoms with E-state index in [1.54, 1.807) is 23.1 Å². The van der Waals surface area contributed by atoms with Crippen molar-refractivity contribution < 1.29 is 0 Å². The molecule has 130 valence electrons. The zero-order valence-corrected chi connectivity index (χ0v) is 14.5. The van der Waals surface area contributed by atoms with Crippen molar-refractivity contribution in [2.45, 2.75) is 51.6 Å². The molecule has 7 heteroatoms. The number of fused-ring (bicyclic) bond motifs is 1. The van der Waals surface area contributed by atoms with Gasteiger partial charge in [-0.3, -0.25) is 4.79 Å². The van der Waals surface area contributed by atoms with Gasteiger partial charge in [0.2, 0.25) is 0 Å². The van der Waals surface area contributed by atoms with Crippen molar-refractivity contribution in [3.63, 3.8) is 0 Å². The number of hydrogen-bond donors (Lipinski definition) is 2. The maximum atomic E-state index is 12.1. The van der Waals surface area contributed by atoms with Gasteiger partial charge >= 0.3 is 0 Å². The first-order valence-electron chi connectivity index (χ1n) is 8.73. The van der Waals surface area contributed by atoms with Gasteiger partial charge in [-0.2, -0.15) is 5.10 Å². The minimum absolute atomic E-state index is 0.0126. The lowest BCUT2D eigenvalue weighted by Gasteiger charge is -2.30. The molecule has 1 saturated carbocycles. The summed E-state index contributed by atoms with van der Waals surface area (Å²) in [5.74, 6) is 0.854. The molecule has 0 aromatic carbocycles. The summed E-state index contributed by atoms with van der Waals surface area (Å²) in [6.45, 7) is 3.94. The van der Waals surface area contributed by atoms with Gasteiger partial charge in [0.05, 0.1) is 17.3 Å². The Morgan fingerprint density at radius 3 is 2.76 bits per heavy atom. The van der Waals surface area contributed by atoms with Crippen LogP contribution in [0.5, 0.6) is 0 Å². The van der Waals surface area contributed by atoms with E-state index in [0.29, 0.717) is 6.04 Å². The first-order valence-corrected chi connectivity index (χ1v) is 8.73. The Bertz CT molecular complexity index is 952. The number of H-pyrrole nitrogens is 1. The van der Waals surface area contributed by atoms with E-state index < -0.39 is 0 Å². The molecule has 0 radical (unpaired) electrons. The number of aromatic amines is 1. The zero-order valence-electron chi connectivity index (χ0n) is 14.5. The van der Waals surface area contributed by atoms with Gasteiger partial charge in [-0.15, -0.1) is 0 Å². The van der Waals surface area contributed by atoms with E-state index in [4.69, 9.17) is 0 Å². The number of anilines is 1. The summed E-state index contributed by atoms with van der Waals surface area (Å²) in [6.07, 6.45) is 5.44. The van der Waals surface area contributed by atoms with Gasteiger partial charge < -0.3 is 10.3 Å². The van der Waals surface area contributed by atoms with E-state index in [2.05, 4.69) is 25.4 Å². The van der Waals surface area contributed by atoms with Crippen LogP contribution in [0.2, 0.25) is 0 Å². The van der Waals surface area contributed by atoms with Crippen LogP contribution in [0.1, 0.15) is 43.1 Å². The molecule has 7 nitrogen and oxygen atoms in total. The maximum Gasteiger partial charge on any atom is 0.267 e. The van der Waals surface area contributed by atoms with E-state index in [-0.39, 0.29) is 11.6 Å². The molecular weight excluding hydrogens is 316 g/mol. The Hall–Kier alpha value is -2.70. The van der Waals surface area contributed by atoms with Crippen LogP contribution in [0.15, 0.2) is 29.3 Å². The monoisotopic (exact) mass is 338 g/mol. The molecule has 0 saturated heterocycles. The summed E-state index contributed by atoms with van der Waals surface area (Å²) in [5.41, 5.74) is 3.83. The molecule has 0 amide bonds. The molecule has 0 aliphatic heterocycles. The number of nitrogens with zero attached hydrogens (tertiary/aromatic N) is 4. The highest BCUT2D eigenvalue weighted by Crippen LogP contribution is 2.29. The summed E-state index contributed by atoms with van der Waals surface area (Å²) in [6, 6.07) is 5.93. The van der Waals surface area contributed by atoms with Crippen molar-refractivity contribution in [3.05, 3.63) is 46.3 Å². The summed E-state index contributed by atoms with van der Waals surface area (Å²) < 4.78 is 1.66. The van der Waals surface area contributed by atoms with Gasteiger partial charge in [0, 0.05) is 17.8 Å². The van der Waals surface area contributed by atoms with Crippen molar-refractivity contribution in [2.75, 3.05) is 5.32 Å². The Morgan fingerprint density at radius 2 is 1.96 bits per heavy atom. The van der Waals surface area contributed by atoms with E-state index >= 15 is 0 Å². The predicted molar refractivity (Wildman–Crippen MR) is 96.8 cm³/mol. The van der Waals surface area contributed by atoms with Crippen LogP contribution in [0, 0.1) is 13.8 Å². The highest BCUT2D eigenvalue weighted by Gasteiger charge is 2.24. The largest absolute Gasteiger partial charge is 0.365 e. The van der Waals surface area contributed by atoms with Gasteiger partial charge in [0.15, 0.2) is 5.82 Å². The summed E-state index contributed by atoms with van der Waals surface area (Å²) in [4.78, 5) is 24.1. The molecule has 2 N–H and O–H groups in total. The fraction of sp³-hybridized carbons (Fsp3) is 0.444. The van der Waals surface area contributed by atoms with E-state index in [1.165, 1.54) is 0 Å². The van der Waals surface area contributed by atoms with Crippen molar-refractivity contribution in [3.8, 4) is 0 Å². The first-order chi connectivity index (χ1) is 12.1. The molecule has 3 aromatic heterocycles. The number of aryl methyl sites for hydroxylation is 2. The molecule has 1 fully saturated rings. The maximum absolute atomic E-state index is 12.1. The number of rotatable bonds is 3. The van der Waals surface area contributed by atoms with Crippen LogP contribution in [0.4, 0.5) is 5.82 Å². The summed E-state index contributed by atoms with van der Waals surface area (Å²) >= 11 is 0. The molecule has 0 atom stereocenters. The number of hydrogen-bond acceptors (Lipinski definition) is 5. The van der Waals surface area contributed by atoms with Crippen LogP contribution in [0.3, 0.4) is 0 Å². The SMILES string of the molecule is Cc1ccc(=O)n(C2CCC(Nc3ncnc4cc(C)[nH]c34)CC2)n1. The van der Waals surface area contributed by atoms with E-state index in [0.717, 1.165) is 53.9 Å². The minimum Gasteiger partial charge on any atom is -0.365 e. The van der Waals surface area contributed by atoms with Crippen molar-refractivity contribution >= 4 is 16.9 Å². The van der Waals surface area contributed by atoms with Crippen molar-refractivity contribution in [2.24, 2.45) is 0 Å².